The molecule has 1 N–H and O–H groups in total. The van der Waals surface area contributed by atoms with Gasteiger partial charge in [-0.25, -0.2) is 4.79 Å². The Kier molecular flexibility index (Phi) is 3.89. The quantitative estimate of drug-likeness (QED) is 0.854. The average Bonchev–Trinajstić information content (AvgIpc) is 2.35. The van der Waals surface area contributed by atoms with Crippen LogP contribution in [-0.2, 0) is 4.79 Å². The molecule has 1 aromatic heterocycles. The molecule has 0 unspecified atom stereocenters. The minimum Gasteiger partial charge on any atom is -0.478 e. The summed E-state index contributed by atoms with van der Waals surface area (Å²) in [6, 6.07) is 6.14. The van der Waals surface area contributed by atoms with Crippen LogP contribution < -0.4 is 0 Å². The highest BCUT2D eigenvalue weighted by Crippen LogP contribution is 2.26. The smallest absolute Gasteiger partial charge is 0.328 e. The molecule has 2 aromatic rings. The predicted molar refractivity (Wildman–Crippen MR) is 82.0 cm³/mol. The molecule has 20 heavy (non-hydrogen) atoms. The van der Waals surface area contributed by atoms with E-state index in [1.165, 1.54) is 6.08 Å². The lowest BCUT2D eigenvalue weighted by Gasteiger charge is -2.12. The summed E-state index contributed by atoms with van der Waals surface area (Å²) >= 11 is 0. The molecule has 0 fully saturated rings. The van der Waals surface area contributed by atoms with E-state index in [1.54, 1.807) is 6.08 Å². The van der Waals surface area contributed by atoms with Gasteiger partial charge in [0.2, 0.25) is 0 Å². The van der Waals surface area contributed by atoms with Crippen molar-refractivity contribution in [1.82, 2.24) is 4.98 Å². The second-order valence-corrected chi connectivity index (χ2v) is 5.44. The van der Waals surface area contributed by atoms with E-state index in [0.29, 0.717) is 5.92 Å². The van der Waals surface area contributed by atoms with Gasteiger partial charge in [-0.3, -0.25) is 4.98 Å². The number of nitrogens with zero attached hydrogens (tertiary/aromatic N) is 1. The van der Waals surface area contributed by atoms with E-state index in [9.17, 15) is 4.79 Å². The summed E-state index contributed by atoms with van der Waals surface area (Å²) in [6.45, 7) is 8.25. The molecule has 0 radical (unpaired) electrons. The molecule has 0 atom stereocenters. The van der Waals surface area contributed by atoms with E-state index >= 15 is 0 Å². The molecule has 0 amide bonds. The Bertz CT molecular complexity index is 700. The van der Waals surface area contributed by atoms with Crippen LogP contribution in [0.4, 0.5) is 0 Å². The van der Waals surface area contributed by atoms with E-state index in [4.69, 9.17) is 10.1 Å². The number of aryl methyl sites for hydroxylation is 2. The first-order valence-corrected chi connectivity index (χ1v) is 6.71. The van der Waals surface area contributed by atoms with Crippen LogP contribution in [0.15, 0.2) is 24.3 Å². The van der Waals surface area contributed by atoms with Crippen molar-refractivity contribution in [1.29, 1.82) is 0 Å². The number of aromatic nitrogens is 1. The molecule has 0 saturated carbocycles. The Labute approximate surface area is 119 Å². The van der Waals surface area contributed by atoms with E-state index in [-0.39, 0.29) is 0 Å². The highest BCUT2D eigenvalue weighted by molar-refractivity contribution is 5.94. The van der Waals surface area contributed by atoms with Gasteiger partial charge in [-0.15, -0.1) is 0 Å². The number of hydrogen-bond acceptors (Lipinski definition) is 2. The third-order valence-corrected chi connectivity index (χ3v) is 3.30. The molecule has 2 rings (SSSR count). The van der Waals surface area contributed by atoms with Crippen molar-refractivity contribution in [3.8, 4) is 0 Å². The highest BCUT2D eigenvalue weighted by Gasteiger charge is 2.09. The maximum atomic E-state index is 10.8. The summed E-state index contributed by atoms with van der Waals surface area (Å²) in [5.74, 6) is -0.637. The second-order valence-electron chi connectivity index (χ2n) is 5.44. The minimum absolute atomic E-state index is 0.303. The molecule has 0 aliphatic heterocycles. The van der Waals surface area contributed by atoms with Crippen molar-refractivity contribution in [2.75, 3.05) is 0 Å². The maximum Gasteiger partial charge on any atom is 0.328 e. The first-order valence-electron chi connectivity index (χ1n) is 6.71. The molecule has 1 heterocycles. The standard InChI is InChI=1S/C17H19NO2/c1-10(2)15-9-13(5-6-16(19)20)14-8-11(3)7-12(4)17(14)18-15/h5-10H,1-4H3,(H,19,20)/b6-5+. The number of fused-ring (bicyclic) bond motifs is 1. The van der Waals surface area contributed by atoms with Gasteiger partial charge >= 0.3 is 5.97 Å². The summed E-state index contributed by atoms with van der Waals surface area (Å²) in [6.07, 6.45) is 2.83. The molecular weight excluding hydrogens is 250 g/mol. The number of hydrogen-bond donors (Lipinski definition) is 1. The van der Waals surface area contributed by atoms with Crippen LogP contribution in [0.25, 0.3) is 17.0 Å². The summed E-state index contributed by atoms with van der Waals surface area (Å²) in [4.78, 5) is 15.5. The second kappa shape index (κ2) is 5.45. The zero-order valence-electron chi connectivity index (χ0n) is 12.3. The molecule has 0 aliphatic carbocycles. The molecule has 104 valence electrons. The van der Waals surface area contributed by atoms with Gasteiger partial charge in [0.1, 0.15) is 0 Å². The van der Waals surface area contributed by atoms with Gasteiger partial charge in [-0.2, -0.15) is 0 Å². The van der Waals surface area contributed by atoms with Crippen LogP contribution in [0.1, 0.15) is 42.1 Å². The summed E-state index contributed by atoms with van der Waals surface area (Å²) in [5.41, 5.74) is 5.11. The van der Waals surface area contributed by atoms with Gasteiger partial charge < -0.3 is 5.11 Å². The molecule has 0 spiro atoms. The van der Waals surface area contributed by atoms with E-state index in [2.05, 4.69) is 26.0 Å². The third kappa shape index (κ3) is 2.87. The molecule has 0 aliphatic rings. The fraction of sp³-hybridized carbons (Fsp3) is 0.294. The number of carboxylic acids is 1. The average molecular weight is 269 g/mol. The van der Waals surface area contributed by atoms with Crippen LogP contribution in [0, 0.1) is 13.8 Å². The number of aliphatic carboxylic acids is 1. The van der Waals surface area contributed by atoms with Crippen LogP contribution >= 0.6 is 0 Å². The van der Waals surface area contributed by atoms with Gasteiger partial charge in [0.05, 0.1) is 5.52 Å². The minimum atomic E-state index is -0.939. The monoisotopic (exact) mass is 269 g/mol. The SMILES string of the molecule is Cc1cc(C)c2nc(C(C)C)cc(/C=C/C(=O)O)c2c1. The lowest BCUT2D eigenvalue weighted by Crippen LogP contribution is -1.97. The van der Waals surface area contributed by atoms with Crippen LogP contribution in [0.3, 0.4) is 0 Å². The molecule has 3 nitrogen and oxygen atoms in total. The molecule has 1 aromatic carbocycles. The fourth-order valence-electron chi connectivity index (χ4n) is 2.32. The Morgan fingerprint density at radius 3 is 2.55 bits per heavy atom. The van der Waals surface area contributed by atoms with Crippen molar-refractivity contribution >= 4 is 22.9 Å². The summed E-state index contributed by atoms with van der Waals surface area (Å²) in [7, 11) is 0. The lowest BCUT2D eigenvalue weighted by atomic mass is 9.99. The highest BCUT2D eigenvalue weighted by atomic mass is 16.4. The Morgan fingerprint density at radius 1 is 1.25 bits per heavy atom. The van der Waals surface area contributed by atoms with Gasteiger partial charge in [-0.1, -0.05) is 25.5 Å². The van der Waals surface area contributed by atoms with E-state index in [1.807, 2.05) is 19.9 Å². The molecule has 0 bridgehead atoms. The number of carboxylic acid groups (broad SMARTS) is 1. The van der Waals surface area contributed by atoms with Crippen LogP contribution in [0.5, 0.6) is 0 Å². The van der Waals surface area contributed by atoms with Crippen LogP contribution in [0.2, 0.25) is 0 Å². The Hall–Kier alpha value is -2.16. The zero-order chi connectivity index (χ0) is 14.9. The van der Waals surface area contributed by atoms with Gasteiger partial charge in [0.25, 0.3) is 0 Å². The Morgan fingerprint density at radius 2 is 1.95 bits per heavy atom. The molecule has 0 saturated heterocycles. The van der Waals surface area contributed by atoms with Gasteiger partial charge in [0.15, 0.2) is 0 Å². The van der Waals surface area contributed by atoms with E-state index in [0.717, 1.165) is 33.3 Å². The first-order chi connectivity index (χ1) is 9.38. The summed E-state index contributed by atoms with van der Waals surface area (Å²) < 4.78 is 0. The Balaban J connectivity index is 2.77. The van der Waals surface area contributed by atoms with Crippen molar-refractivity contribution in [2.45, 2.75) is 33.6 Å². The van der Waals surface area contributed by atoms with Crippen LogP contribution in [-0.4, -0.2) is 16.1 Å². The zero-order valence-corrected chi connectivity index (χ0v) is 12.3. The third-order valence-electron chi connectivity index (χ3n) is 3.30. The largest absolute Gasteiger partial charge is 0.478 e. The predicted octanol–water partition coefficient (Wildman–Crippen LogP) is 4.07. The normalized spacial score (nSPS) is 11.7. The first kappa shape index (κ1) is 14.3. The van der Waals surface area contributed by atoms with Crippen molar-refractivity contribution in [2.24, 2.45) is 0 Å². The number of carbonyl (C=O) groups is 1. The van der Waals surface area contributed by atoms with Crippen molar-refractivity contribution in [3.05, 3.63) is 46.7 Å². The fourth-order valence-corrected chi connectivity index (χ4v) is 2.32. The lowest BCUT2D eigenvalue weighted by molar-refractivity contribution is -0.131. The summed E-state index contributed by atoms with van der Waals surface area (Å²) in [5, 5.41) is 9.84. The van der Waals surface area contributed by atoms with Gasteiger partial charge in [0, 0.05) is 17.2 Å². The maximum absolute atomic E-state index is 10.8. The van der Waals surface area contributed by atoms with E-state index < -0.39 is 5.97 Å². The number of benzene rings is 1. The molecule has 3 heteroatoms. The number of rotatable bonds is 3. The van der Waals surface area contributed by atoms with Crippen molar-refractivity contribution in [3.63, 3.8) is 0 Å². The van der Waals surface area contributed by atoms with Crippen molar-refractivity contribution < 1.29 is 9.90 Å². The molecular formula is C17H19NO2. The topological polar surface area (TPSA) is 50.2 Å². The number of pyridine rings is 1. The van der Waals surface area contributed by atoms with Gasteiger partial charge in [-0.05, 0) is 49.1 Å².